The second-order valence-corrected chi connectivity index (χ2v) is 18.2. The standard InChI is InChI=1S/C63H35F3N6/c1-68-52-36-62(72-58-25-13-7-19-47(58)49-31-28-40(34-60(49)72)70-55-22-10-4-16-44(55)45-17-5-11-23-56(45)70)61(35-50(52)41-29-26-38(37-67)32-51(41)63(64,65)66)71-57-24-12-6-18-46(57)48-30-27-39(33-59(48)71)69-53-20-8-2-14-42(53)43-15-3-9-21-54(43)69/h2-36H. The van der Waals surface area contributed by atoms with E-state index in [1.807, 2.05) is 72.8 Å². The highest BCUT2D eigenvalue weighted by Gasteiger charge is 2.35. The van der Waals surface area contributed by atoms with Crippen LogP contribution in [0.3, 0.4) is 0 Å². The van der Waals surface area contributed by atoms with E-state index < -0.39 is 11.7 Å². The molecule has 14 rings (SSSR count). The third kappa shape index (κ3) is 5.89. The molecule has 4 heterocycles. The molecule has 0 radical (unpaired) electrons. The number of nitrogens with zero attached hydrogens (tertiary/aromatic N) is 6. The minimum Gasteiger partial charge on any atom is -0.309 e. The average molecular weight is 933 g/mol. The molecule has 0 amide bonds. The molecule has 0 atom stereocenters. The predicted octanol–water partition coefficient (Wildman–Crippen LogP) is 17.2. The summed E-state index contributed by atoms with van der Waals surface area (Å²) in [5.41, 5.74) is 9.33. The molecule has 0 bridgehead atoms. The summed E-state index contributed by atoms with van der Waals surface area (Å²) in [6, 6.07) is 71.4. The summed E-state index contributed by atoms with van der Waals surface area (Å²) in [7, 11) is 0. The minimum atomic E-state index is -4.83. The van der Waals surface area contributed by atoms with E-state index in [0.29, 0.717) is 11.4 Å². The summed E-state index contributed by atoms with van der Waals surface area (Å²) in [5, 5.41) is 18.1. The van der Waals surface area contributed by atoms with Crippen molar-refractivity contribution in [1.82, 2.24) is 18.3 Å². The van der Waals surface area contributed by atoms with Crippen molar-refractivity contribution < 1.29 is 13.2 Å². The number of nitriles is 1. The first-order valence-corrected chi connectivity index (χ1v) is 23.5. The number of hydrogen-bond donors (Lipinski definition) is 0. The molecular weight excluding hydrogens is 898 g/mol. The van der Waals surface area contributed by atoms with E-state index >= 15 is 13.2 Å². The maximum absolute atomic E-state index is 15.3. The quantitative estimate of drug-likeness (QED) is 0.159. The van der Waals surface area contributed by atoms with Gasteiger partial charge in [-0.25, -0.2) is 4.85 Å². The molecular formula is C63H35F3N6. The zero-order valence-electron chi connectivity index (χ0n) is 38.0. The number of halogens is 3. The molecule has 4 aromatic heterocycles. The molecule has 338 valence electrons. The van der Waals surface area contributed by atoms with Gasteiger partial charge in [-0.2, -0.15) is 18.4 Å². The molecule has 14 aromatic rings. The lowest BCUT2D eigenvalue weighted by Gasteiger charge is -2.21. The van der Waals surface area contributed by atoms with Gasteiger partial charge in [0, 0.05) is 54.5 Å². The molecule has 0 aliphatic rings. The van der Waals surface area contributed by atoms with Gasteiger partial charge in [-0.1, -0.05) is 127 Å². The molecule has 0 saturated heterocycles. The highest BCUT2D eigenvalue weighted by molar-refractivity contribution is 6.15. The maximum atomic E-state index is 15.3. The number of rotatable bonds is 5. The lowest BCUT2D eigenvalue weighted by molar-refractivity contribution is -0.137. The van der Waals surface area contributed by atoms with Crippen molar-refractivity contribution in [2.24, 2.45) is 0 Å². The van der Waals surface area contributed by atoms with Crippen molar-refractivity contribution >= 4 is 92.9 Å². The SMILES string of the molecule is [C-]#[N+]c1cc(-n2c3ccccc3c3ccc(-n4c5ccccc5c5ccccc54)cc32)c(-n2c3ccccc3c3ccc(-n4c5ccccc5c5ccccc54)cc32)cc1-c1ccc(C#N)cc1C(F)(F)F. The van der Waals surface area contributed by atoms with Crippen LogP contribution < -0.4 is 0 Å². The van der Waals surface area contributed by atoms with Crippen LogP contribution in [0.5, 0.6) is 0 Å². The third-order valence-electron chi connectivity index (χ3n) is 14.4. The van der Waals surface area contributed by atoms with E-state index in [0.717, 1.165) is 105 Å². The molecule has 0 aliphatic heterocycles. The Kier molecular flexibility index (Phi) is 8.77. The van der Waals surface area contributed by atoms with Crippen molar-refractivity contribution in [3.63, 3.8) is 0 Å². The molecule has 6 nitrogen and oxygen atoms in total. The molecule has 9 heteroatoms. The first-order valence-electron chi connectivity index (χ1n) is 23.5. The van der Waals surface area contributed by atoms with Crippen molar-refractivity contribution in [3.8, 4) is 39.9 Å². The summed E-state index contributed by atoms with van der Waals surface area (Å²) in [6.45, 7) is 8.69. The van der Waals surface area contributed by atoms with Gasteiger partial charge in [0.1, 0.15) is 0 Å². The molecule has 0 spiro atoms. The van der Waals surface area contributed by atoms with Gasteiger partial charge in [0.15, 0.2) is 5.69 Å². The monoisotopic (exact) mass is 932 g/mol. The number of fused-ring (bicyclic) bond motifs is 12. The second kappa shape index (κ2) is 15.3. The van der Waals surface area contributed by atoms with Crippen molar-refractivity contribution in [1.29, 1.82) is 5.26 Å². The predicted molar refractivity (Wildman–Crippen MR) is 285 cm³/mol. The van der Waals surface area contributed by atoms with E-state index in [1.54, 1.807) is 12.1 Å². The maximum Gasteiger partial charge on any atom is 0.417 e. The number of alkyl halides is 3. The molecule has 0 aliphatic carbocycles. The van der Waals surface area contributed by atoms with Crippen LogP contribution in [0.4, 0.5) is 18.9 Å². The van der Waals surface area contributed by atoms with E-state index in [1.165, 1.54) is 12.1 Å². The Morgan fingerprint density at radius 3 is 1.11 bits per heavy atom. The third-order valence-corrected chi connectivity index (χ3v) is 14.4. The number of benzene rings is 10. The van der Waals surface area contributed by atoms with Gasteiger partial charge < -0.3 is 18.3 Å². The Hall–Kier alpha value is -9.83. The Morgan fingerprint density at radius 2 is 0.736 bits per heavy atom. The van der Waals surface area contributed by atoms with Crippen LogP contribution in [-0.2, 0) is 6.18 Å². The van der Waals surface area contributed by atoms with Gasteiger partial charge in [0.25, 0.3) is 0 Å². The Morgan fingerprint density at radius 1 is 0.375 bits per heavy atom. The fourth-order valence-corrected chi connectivity index (χ4v) is 11.4. The minimum absolute atomic E-state index is 0.0279. The van der Waals surface area contributed by atoms with Gasteiger partial charge in [0.05, 0.1) is 79.3 Å². The Bertz CT molecular complexity index is 4610. The fraction of sp³-hybridized carbons (Fsp3) is 0.0159. The molecule has 72 heavy (non-hydrogen) atoms. The van der Waals surface area contributed by atoms with Gasteiger partial charge >= 0.3 is 6.18 Å². The topological polar surface area (TPSA) is 47.9 Å². The van der Waals surface area contributed by atoms with Crippen LogP contribution in [0.15, 0.2) is 212 Å². The lowest BCUT2D eigenvalue weighted by Crippen LogP contribution is -2.09. The van der Waals surface area contributed by atoms with Crippen LogP contribution >= 0.6 is 0 Å². The van der Waals surface area contributed by atoms with Crippen molar-refractivity contribution in [2.75, 3.05) is 0 Å². The molecule has 0 fully saturated rings. The molecule has 0 saturated carbocycles. The zero-order valence-corrected chi connectivity index (χ0v) is 38.0. The summed E-state index contributed by atoms with van der Waals surface area (Å²) in [6.07, 6.45) is -4.83. The van der Waals surface area contributed by atoms with Crippen molar-refractivity contribution in [3.05, 3.63) is 235 Å². The fourth-order valence-electron chi connectivity index (χ4n) is 11.4. The molecule has 0 unspecified atom stereocenters. The highest BCUT2D eigenvalue weighted by atomic mass is 19.4. The first-order chi connectivity index (χ1) is 35.3. The zero-order chi connectivity index (χ0) is 48.4. The first kappa shape index (κ1) is 41.2. The second-order valence-electron chi connectivity index (χ2n) is 18.2. The van der Waals surface area contributed by atoms with E-state index in [-0.39, 0.29) is 22.4 Å². The average Bonchev–Trinajstić information content (AvgIpc) is 4.15. The summed E-state index contributed by atoms with van der Waals surface area (Å²) in [5.74, 6) is 0. The Balaban J connectivity index is 1.13. The van der Waals surface area contributed by atoms with Gasteiger partial charge in [-0.05, 0) is 96.1 Å². The molecule has 0 N–H and O–H groups in total. The molecule has 10 aromatic carbocycles. The largest absolute Gasteiger partial charge is 0.417 e. The lowest BCUT2D eigenvalue weighted by atomic mass is 9.95. The van der Waals surface area contributed by atoms with Gasteiger partial charge in [0.2, 0.25) is 0 Å². The summed E-state index contributed by atoms with van der Waals surface area (Å²) >= 11 is 0. The van der Waals surface area contributed by atoms with Gasteiger partial charge in [-0.15, -0.1) is 0 Å². The smallest absolute Gasteiger partial charge is 0.309 e. The number of para-hydroxylation sites is 6. The van der Waals surface area contributed by atoms with Crippen LogP contribution in [0.1, 0.15) is 11.1 Å². The Labute approximate surface area is 408 Å². The summed E-state index contributed by atoms with van der Waals surface area (Å²) < 4.78 is 54.7. The number of aromatic nitrogens is 4. The van der Waals surface area contributed by atoms with E-state index in [2.05, 4.69) is 138 Å². The number of hydrogen-bond acceptors (Lipinski definition) is 1. The van der Waals surface area contributed by atoms with Crippen LogP contribution in [-0.4, -0.2) is 18.3 Å². The normalized spacial score (nSPS) is 12.1. The summed E-state index contributed by atoms with van der Waals surface area (Å²) in [4.78, 5) is 4.01. The van der Waals surface area contributed by atoms with Crippen LogP contribution in [0.2, 0.25) is 0 Å². The highest BCUT2D eigenvalue weighted by Crippen LogP contribution is 2.47. The van der Waals surface area contributed by atoms with Crippen LogP contribution in [0, 0.1) is 17.9 Å². The van der Waals surface area contributed by atoms with Crippen molar-refractivity contribution in [2.45, 2.75) is 6.18 Å². The van der Waals surface area contributed by atoms with E-state index in [9.17, 15) is 5.26 Å². The van der Waals surface area contributed by atoms with Gasteiger partial charge in [-0.3, -0.25) is 0 Å². The van der Waals surface area contributed by atoms with Crippen LogP contribution in [0.25, 0.3) is 126 Å². The van der Waals surface area contributed by atoms with E-state index in [4.69, 9.17) is 6.57 Å².